The van der Waals surface area contributed by atoms with E-state index >= 15 is 0 Å². The van der Waals surface area contributed by atoms with E-state index in [9.17, 15) is 9.90 Å². The second-order valence-corrected chi connectivity index (χ2v) is 5.78. The number of hydrogen-bond donors (Lipinski definition) is 2. The summed E-state index contributed by atoms with van der Waals surface area (Å²) in [4.78, 5) is 14.8. The van der Waals surface area contributed by atoms with Crippen LogP contribution in [0.1, 0.15) is 19.4 Å². The van der Waals surface area contributed by atoms with Crippen LogP contribution in [-0.4, -0.2) is 16.2 Å². The highest BCUT2D eigenvalue weighted by atomic mass is 16.5. The SMILES string of the molecule is CC(C)Oc1c(O)c2ccc(OCc3ccccc3)cc2[nH]c1=O. The molecule has 1 heterocycles. The van der Waals surface area contributed by atoms with Crippen LogP contribution in [0.4, 0.5) is 0 Å². The molecule has 0 aliphatic carbocycles. The van der Waals surface area contributed by atoms with E-state index in [0.29, 0.717) is 23.3 Å². The molecule has 1 aromatic heterocycles. The third-order valence-corrected chi connectivity index (χ3v) is 3.52. The molecule has 0 aliphatic heterocycles. The minimum atomic E-state index is -0.464. The highest BCUT2D eigenvalue weighted by Crippen LogP contribution is 2.32. The van der Waals surface area contributed by atoms with Crippen LogP contribution in [0.15, 0.2) is 53.3 Å². The Morgan fingerprint density at radius 2 is 1.88 bits per heavy atom. The molecule has 0 fully saturated rings. The van der Waals surface area contributed by atoms with Crippen LogP contribution in [0.2, 0.25) is 0 Å². The molecular formula is C19H19NO4. The number of ether oxygens (including phenoxy) is 2. The first-order chi connectivity index (χ1) is 11.5. The van der Waals surface area contributed by atoms with Crippen molar-refractivity contribution in [3.05, 3.63) is 64.4 Å². The van der Waals surface area contributed by atoms with Gasteiger partial charge in [-0.05, 0) is 31.5 Å². The zero-order chi connectivity index (χ0) is 17.1. The summed E-state index contributed by atoms with van der Waals surface area (Å²) in [5, 5.41) is 10.8. The van der Waals surface area contributed by atoms with Crippen molar-refractivity contribution < 1.29 is 14.6 Å². The van der Waals surface area contributed by atoms with Crippen LogP contribution in [-0.2, 0) is 6.61 Å². The Hall–Kier alpha value is -2.95. The molecule has 2 N–H and O–H groups in total. The number of hydrogen-bond acceptors (Lipinski definition) is 4. The fraction of sp³-hybridized carbons (Fsp3) is 0.211. The van der Waals surface area contributed by atoms with Crippen LogP contribution in [0, 0.1) is 0 Å². The lowest BCUT2D eigenvalue weighted by Gasteiger charge is -2.13. The van der Waals surface area contributed by atoms with Crippen LogP contribution >= 0.6 is 0 Å². The van der Waals surface area contributed by atoms with Gasteiger partial charge in [-0.1, -0.05) is 30.3 Å². The number of rotatable bonds is 5. The van der Waals surface area contributed by atoms with Gasteiger partial charge in [-0.2, -0.15) is 0 Å². The van der Waals surface area contributed by atoms with Gasteiger partial charge in [0, 0.05) is 11.5 Å². The van der Waals surface area contributed by atoms with Gasteiger partial charge in [0.1, 0.15) is 12.4 Å². The van der Waals surface area contributed by atoms with Crippen molar-refractivity contribution in [3.63, 3.8) is 0 Å². The summed E-state index contributed by atoms with van der Waals surface area (Å²) in [6.45, 7) is 4.02. The quantitative estimate of drug-likeness (QED) is 0.752. The van der Waals surface area contributed by atoms with Gasteiger partial charge in [0.25, 0.3) is 5.56 Å². The van der Waals surface area contributed by atoms with Gasteiger partial charge in [-0.25, -0.2) is 0 Å². The number of aromatic amines is 1. The topological polar surface area (TPSA) is 71.5 Å². The molecule has 24 heavy (non-hydrogen) atoms. The minimum Gasteiger partial charge on any atom is -0.504 e. The van der Waals surface area contributed by atoms with Crippen molar-refractivity contribution in [1.82, 2.24) is 4.98 Å². The number of aromatic nitrogens is 1. The summed E-state index contributed by atoms with van der Waals surface area (Å²) in [6, 6.07) is 14.9. The van der Waals surface area contributed by atoms with Gasteiger partial charge in [0.15, 0.2) is 5.75 Å². The fourth-order valence-electron chi connectivity index (χ4n) is 2.42. The summed E-state index contributed by atoms with van der Waals surface area (Å²) in [5.41, 5.74) is 1.09. The average molecular weight is 325 g/mol. The zero-order valence-corrected chi connectivity index (χ0v) is 13.6. The third kappa shape index (κ3) is 3.35. The molecule has 0 atom stereocenters. The van der Waals surface area contributed by atoms with Crippen molar-refractivity contribution >= 4 is 10.9 Å². The normalized spacial score (nSPS) is 11.0. The highest BCUT2D eigenvalue weighted by molar-refractivity contribution is 5.87. The van der Waals surface area contributed by atoms with Crippen molar-refractivity contribution in [3.8, 4) is 17.2 Å². The molecule has 0 radical (unpaired) electrons. The van der Waals surface area contributed by atoms with Gasteiger partial charge in [0.2, 0.25) is 5.75 Å². The van der Waals surface area contributed by atoms with Crippen molar-refractivity contribution in [2.24, 2.45) is 0 Å². The standard InChI is InChI=1S/C19H19NO4/c1-12(2)24-18-17(21)15-9-8-14(10-16(15)20-19(18)22)23-11-13-6-4-3-5-7-13/h3-10,12H,11H2,1-2H3,(H2,20,21,22). The molecule has 0 aliphatic rings. The molecule has 0 bridgehead atoms. The molecule has 3 aromatic rings. The summed E-state index contributed by atoms with van der Waals surface area (Å²) in [5.74, 6) is 0.395. The monoisotopic (exact) mass is 325 g/mol. The first kappa shape index (κ1) is 15.9. The number of benzene rings is 2. The molecule has 0 unspecified atom stereocenters. The van der Waals surface area contributed by atoms with E-state index in [1.54, 1.807) is 32.0 Å². The first-order valence-electron chi connectivity index (χ1n) is 7.77. The van der Waals surface area contributed by atoms with Crippen molar-refractivity contribution in [2.75, 3.05) is 0 Å². The van der Waals surface area contributed by atoms with E-state index in [-0.39, 0.29) is 17.6 Å². The lowest BCUT2D eigenvalue weighted by Crippen LogP contribution is -2.16. The average Bonchev–Trinajstić information content (AvgIpc) is 2.57. The van der Waals surface area contributed by atoms with E-state index in [1.165, 1.54) is 0 Å². The maximum Gasteiger partial charge on any atom is 0.294 e. The summed E-state index contributed by atoms with van der Waals surface area (Å²) in [6.07, 6.45) is -0.206. The lowest BCUT2D eigenvalue weighted by atomic mass is 10.2. The Balaban J connectivity index is 1.90. The lowest BCUT2D eigenvalue weighted by molar-refractivity contribution is 0.229. The highest BCUT2D eigenvalue weighted by Gasteiger charge is 2.15. The van der Waals surface area contributed by atoms with Crippen molar-refractivity contribution in [1.29, 1.82) is 0 Å². The van der Waals surface area contributed by atoms with E-state index < -0.39 is 5.56 Å². The second kappa shape index (κ2) is 6.66. The molecule has 2 aromatic carbocycles. The molecule has 3 rings (SSSR count). The van der Waals surface area contributed by atoms with Crippen LogP contribution < -0.4 is 15.0 Å². The third-order valence-electron chi connectivity index (χ3n) is 3.52. The maximum absolute atomic E-state index is 12.1. The number of nitrogens with one attached hydrogen (secondary N) is 1. The van der Waals surface area contributed by atoms with E-state index in [4.69, 9.17) is 9.47 Å². The summed E-state index contributed by atoms with van der Waals surface area (Å²) in [7, 11) is 0. The molecule has 0 saturated heterocycles. The molecular weight excluding hydrogens is 306 g/mol. The molecule has 0 spiro atoms. The van der Waals surface area contributed by atoms with E-state index in [2.05, 4.69) is 4.98 Å². The summed E-state index contributed by atoms with van der Waals surface area (Å²) >= 11 is 0. The van der Waals surface area contributed by atoms with Gasteiger partial charge < -0.3 is 19.6 Å². The Labute approximate surface area is 139 Å². The Kier molecular flexibility index (Phi) is 4.42. The Bertz CT molecular complexity index is 900. The van der Waals surface area contributed by atoms with Crippen LogP contribution in [0.3, 0.4) is 0 Å². The van der Waals surface area contributed by atoms with Gasteiger partial charge in [-0.3, -0.25) is 4.79 Å². The van der Waals surface area contributed by atoms with E-state index in [1.807, 2.05) is 30.3 Å². The number of fused-ring (bicyclic) bond motifs is 1. The van der Waals surface area contributed by atoms with E-state index in [0.717, 1.165) is 5.56 Å². The number of pyridine rings is 1. The maximum atomic E-state index is 12.1. The number of aromatic hydroxyl groups is 1. The largest absolute Gasteiger partial charge is 0.504 e. The smallest absolute Gasteiger partial charge is 0.294 e. The number of H-pyrrole nitrogens is 1. The van der Waals surface area contributed by atoms with Gasteiger partial charge in [0.05, 0.1) is 11.6 Å². The molecule has 0 saturated carbocycles. The summed E-state index contributed by atoms with van der Waals surface area (Å²) < 4.78 is 11.1. The van der Waals surface area contributed by atoms with Crippen molar-refractivity contribution in [2.45, 2.75) is 26.6 Å². The second-order valence-electron chi connectivity index (χ2n) is 5.78. The van der Waals surface area contributed by atoms with Gasteiger partial charge >= 0.3 is 0 Å². The molecule has 0 amide bonds. The fourth-order valence-corrected chi connectivity index (χ4v) is 2.42. The molecule has 124 valence electrons. The minimum absolute atomic E-state index is 0.0598. The first-order valence-corrected chi connectivity index (χ1v) is 7.77. The predicted octanol–water partition coefficient (Wildman–Crippen LogP) is 3.60. The Morgan fingerprint density at radius 3 is 2.58 bits per heavy atom. The van der Waals surface area contributed by atoms with Crippen LogP contribution in [0.5, 0.6) is 17.2 Å². The molecule has 5 heteroatoms. The predicted molar refractivity (Wildman–Crippen MR) is 92.8 cm³/mol. The molecule has 5 nitrogen and oxygen atoms in total. The van der Waals surface area contributed by atoms with Gasteiger partial charge in [-0.15, -0.1) is 0 Å². The van der Waals surface area contributed by atoms with Crippen LogP contribution in [0.25, 0.3) is 10.9 Å². The Morgan fingerprint density at radius 1 is 1.12 bits per heavy atom. The zero-order valence-electron chi connectivity index (χ0n) is 13.6.